The number of nitrogens with one attached hydrogen (secondary N) is 1. The van der Waals surface area contributed by atoms with Gasteiger partial charge in [0, 0.05) is 5.56 Å². The summed E-state index contributed by atoms with van der Waals surface area (Å²) in [5.41, 5.74) is -0.184. The van der Waals surface area contributed by atoms with Crippen LogP contribution in [0.4, 0.5) is 9.18 Å². The highest BCUT2D eigenvalue weighted by molar-refractivity contribution is 6.11. The number of nitrogens with zero attached hydrogens (tertiary/aromatic N) is 2. The lowest BCUT2D eigenvalue weighted by Crippen LogP contribution is -2.41. The summed E-state index contributed by atoms with van der Waals surface area (Å²) < 4.78 is 13.0. The summed E-state index contributed by atoms with van der Waals surface area (Å²) in [6.45, 7) is 1.10. The van der Waals surface area contributed by atoms with Crippen molar-refractivity contribution in [1.29, 1.82) is 5.26 Å². The number of imide groups is 1. The molecule has 2 aromatic rings. The van der Waals surface area contributed by atoms with Crippen LogP contribution in [0, 0.1) is 17.1 Å². The van der Waals surface area contributed by atoms with Gasteiger partial charge in [-0.3, -0.25) is 14.5 Å². The quantitative estimate of drug-likeness (QED) is 0.676. The third kappa shape index (κ3) is 2.93. The Morgan fingerprint density at radius 3 is 2.35 bits per heavy atom. The van der Waals surface area contributed by atoms with Crippen LogP contribution in [0.1, 0.15) is 28.4 Å². The summed E-state index contributed by atoms with van der Waals surface area (Å²) in [5.74, 6) is -1.52. The second kappa shape index (κ2) is 6.41. The van der Waals surface area contributed by atoms with Gasteiger partial charge in [-0.15, -0.1) is 0 Å². The predicted molar refractivity (Wildman–Crippen MR) is 89.5 cm³/mol. The minimum atomic E-state index is -1.33. The van der Waals surface area contributed by atoms with Crippen molar-refractivity contribution in [2.24, 2.45) is 0 Å². The molecule has 1 saturated heterocycles. The van der Waals surface area contributed by atoms with Crippen LogP contribution < -0.4 is 5.32 Å². The Balaban J connectivity index is 1.83. The van der Waals surface area contributed by atoms with Gasteiger partial charge in [0.2, 0.25) is 0 Å². The Labute approximate surface area is 148 Å². The average molecular weight is 351 g/mol. The van der Waals surface area contributed by atoms with Crippen LogP contribution in [0.15, 0.2) is 48.5 Å². The average Bonchev–Trinajstić information content (AvgIpc) is 2.86. The molecule has 1 N–H and O–H groups in total. The number of rotatable bonds is 4. The first-order valence-corrected chi connectivity index (χ1v) is 7.78. The number of carbonyl (C=O) groups excluding carboxylic acids is 3. The number of hydrogen-bond donors (Lipinski definition) is 1. The van der Waals surface area contributed by atoms with Crippen LogP contribution in [-0.4, -0.2) is 29.2 Å². The minimum Gasteiger partial charge on any atom is -0.319 e. The number of benzene rings is 2. The van der Waals surface area contributed by atoms with E-state index in [-0.39, 0.29) is 5.56 Å². The molecule has 0 bridgehead atoms. The second-order valence-corrected chi connectivity index (χ2v) is 6.07. The van der Waals surface area contributed by atoms with Gasteiger partial charge >= 0.3 is 6.03 Å². The van der Waals surface area contributed by atoms with Crippen LogP contribution in [0.25, 0.3) is 0 Å². The van der Waals surface area contributed by atoms with Crippen molar-refractivity contribution in [3.8, 4) is 6.07 Å². The van der Waals surface area contributed by atoms with E-state index in [0.717, 1.165) is 17.0 Å². The molecule has 1 unspecified atom stereocenters. The molecule has 7 heteroatoms. The number of nitriles is 1. The van der Waals surface area contributed by atoms with Crippen molar-refractivity contribution in [1.82, 2.24) is 10.2 Å². The van der Waals surface area contributed by atoms with Crippen molar-refractivity contribution in [2.45, 2.75) is 12.5 Å². The van der Waals surface area contributed by atoms with Gasteiger partial charge in [0.1, 0.15) is 11.4 Å². The zero-order valence-corrected chi connectivity index (χ0v) is 13.8. The maximum atomic E-state index is 13.0. The fourth-order valence-electron chi connectivity index (χ4n) is 2.78. The summed E-state index contributed by atoms with van der Waals surface area (Å²) in [4.78, 5) is 38.2. The highest BCUT2D eigenvalue weighted by Gasteiger charge is 2.49. The summed E-state index contributed by atoms with van der Waals surface area (Å²) >= 11 is 0. The Morgan fingerprint density at radius 2 is 1.77 bits per heavy atom. The summed E-state index contributed by atoms with van der Waals surface area (Å²) in [6.07, 6.45) is 0. The maximum absolute atomic E-state index is 13.0. The number of hydrogen-bond acceptors (Lipinski definition) is 4. The van der Waals surface area contributed by atoms with Gasteiger partial charge in [0.25, 0.3) is 5.91 Å². The Kier molecular flexibility index (Phi) is 4.26. The number of amides is 3. The standard InChI is InChI=1S/C19H14FN3O3/c1-19(14-6-2-12(10-21)3-7-14)17(25)23(18(26)22-19)11-16(24)13-4-8-15(20)9-5-13/h2-9H,11H2,1H3,(H,22,26). The number of carbonyl (C=O) groups is 3. The van der Waals surface area contributed by atoms with Crippen molar-refractivity contribution >= 4 is 17.7 Å². The van der Waals surface area contributed by atoms with E-state index in [1.807, 2.05) is 6.07 Å². The molecule has 2 aromatic carbocycles. The molecule has 0 radical (unpaired) electrons. The monoisotopic (exact) mass is 351 g/mol. The predicted octanol–water partition coefficient (Wildman–Crippen LogP) is 2.35. The van der Waals surface area contributed by atoms with Gasteiger partial charge < -0.3 is 5.32 Å². The van der Waals surface area contributed by atoms with Crippen LogP contribution in [-0.2, 0) is 10.3 Å². The van der Waals surface area contributed by atoms with E-state index < -0.39 is 35.6 Å². The lowest BCUT2D eigenvalue weighted by Gasteiger charge is -2.22. The van der Waals surface area contributed by atoms with E-state index in [1.165, 1.54) is 19.1 Å². The topological polar surface area (TPSA) is 90.3 Å². The third-order valence-corrected chi connectivity index (χ3v) is 4.33. The van der Waals surface area contributed by atoms with Crippen LogP contribution >= 0.6 is 0 Å². The highest BCUT2D eigenvalue weighted by atomic mass is 19.1. The van der Waals surface area contributed by atoms with Gasteiger partial charge in [-0.25, -0.2) is 9.18 Å². The Morgan fingerprint density at radius 1 is 1.15 bits per heavy atom. The summed E-state index contributed by atoms with van der Waals surface area (Å²) in [6, 6.07) is 12.4. The van der Waals surface area contributed by atoms with E-state index >= 15 is 0 Å². The first-order chi connectivity index (χ1) is 12.3. The molecule has 1 heterocycles. The molecule has 1 aliphatic heterocycles. The van der Waals surface area contributed by atoms with E-state index in [2.05, 4.69) is 5.32 Å². The van der Waals surface area contributed by atoms with Gasteiger partial charge in [-0.05, 0) is 48.9 Å². The summed E-state index contributed by atoms with van der Waals surface area (Å²) in [7, 11) is 0. The fraction of sp³-hybridized carbons (Fsp3) is 0.158. The first kappa shape index (κ1) is 17.3. The molecule has 1 fully saturated rings. The maximum Gasteiger partial charge on any atom is 0.325 e. The van der Waals surface area contributed by atoms with Gasteiger partial charge in [0.05, 0.1) is 18.2 Å². The molecule has 26 heavy (non-hydrogen) atoms. The van der Waals surface area contributed by atoms with Crippen molar-refractivity contribution in [3.05, 3.63) is 71.0 Å². The number of urea groups is 1. The van der Waals surface area contributed by atoms with E-state index in [0.29, 0.717) is 11.1 Å². The van der Waals surface area contributed by atoms with Crippen LogP contribution in [0.2, 0.25) is 0 Å². The Bertz CT molecular complexity index is 932. The molecule has 6 nitrogen and oxygen atoms in total. The number of halogens is 1. The zero-order valence-electron chi connectivity index (χ0n) is 13.8. The molecule has 1 atom stereocenters. The molecule has 3 rings (SSSR count). The molecule has 1 aliphatic rings. The van der Waals surface area contributed by atoms with Crippen LogP contribution in [0.5, 0.6) is 0 Å². The third-order valence-electron chi connectivity index (χ3n) is 4.33. The largest absolute Gasteiger partial charge is 0.325 e. The van der Waals surface area contributed by atoms with Crippen LogP contribution in [0.3, 0.4) is 0 Å². The molecular formula is C19H14FN3O3. The van der Waals surface area contributed by atoms with E-state index in [4.69, 9.17) is 5.26 Å². The molecule has 0 spiro atoms. The van der Waals surface area contributed by atoms with Crippen molar-refractivity contribution in [2.75, 3.05) is 6.54 Å². The fourth-order valence-corrected chi connectivity index (χ4v) is 2.78. The minimum absolute atomic E-state index is 0.207. The molecule has 0 aromatic heterocycles. The van der Waals surface area contributed by atoms with Gasteiger partial charge in [-0.1, -0.05) is 12.1 Å². The van der Waals surface area contributed by atoms with Gasteiger partial charge in [0.15, 0.2) is 5.78 Å². The van der Waals surface area contributed by atoms with Crippen molar-refractivity contribution < 1.29 is 18.8 Å². The zero-order chi connectivity index (χ0) is 18.9. The highest BCUT2D eigenvalue weighted by Crippen LogP contribution is 2.29. The SMILES string of the molecule is CC1(c2ccc(C#N)cc2)NC(=O)N(CC(=O)c2ccc(F)cc2)C1=O. The van der Waals surface area contributed by atoms with Gasteiger partial charge in [-0.2, -0.15) is 5.26 Å². The first-order valence-electron chi connectivity index (χ1n) is 7.78. The van der Waals surface area contributed by atoms with Crippen molar-refractivity contribution in [3.63, 3.8) is 0 Å². The molecule has 3 amide bonds. The molecule has 130 valence electrons. The Hall–Kier alpha value is -3.53. The van der Waals surface area contributed by atoms with E-state index in [9.17, 15) is 18.8 Å². The second-order valence-electron chi connectivity index (χ2n) is 6.07. The smallest absolute Gasteiger partial charge is 0.319 e. The number of Topliss-reactive ketones (excluding diaryl/α,β-unsaturated/α-hetero) is 1. The molecular weight excluding hydrogens is 337 g/mol. The van der Waals surface area contributed by atoms with E-state index in [1.54, 1.807) is 24.3 Å². The molecule has 0 saturated carbocycles. The normalized spacial score (nSPS) is 19.2. The summed E-state index contributed by atoms with van der Waals surface area (Å²) in [5, 5.41) is 11.5. The lowest BCUT2D eigenvalue weighted by molar-refractivity contribution is -0.130. The molecule has 0 aliphatic carbocycles. The lowest BCUT2D eigenvalue weighted by atomic mass is 9.91. The number of ketones is 1.